The van der Waals surface area contributed by atoms with Crippen molar-refractivity contribution < 1.29 is 9.53 Å². The van der Waals surface area contributed by atoms with E-state index in [1.165, 1.54) is 0 Å². The maximum absolute atomic E-state index is 12.7. The van der Waals surface area contributed by atoms with E-state index >= 15 is 0 Å². The summed E-state index contributed by atoms with van der Waals surface area (Å²) in [5, 5.41) is 0. The molecule has 3 rings (SSSR count). The zero-order chi connectivity index (χ0) is 18.5. The third kappa shape index (κ3) is 4.39. The molecule has 1 amide bonds. The molecule has 6 heteroatoms. The summed E-state index contributed by atoms with van der Waals surface area (Å²) in [6.45, 7) is 2.25. The number of pyridine rings is 1. The van der Waals surface area contributed by atoms with E-state index in [2.05, 4.69) is 4.98 Å². The third-order valence-corrected chi connectivity index (χ3v) is 4.83. The number of likely N-dealkylation sites (tertiary alicyclic amines) is 1. The van der Waals surface area contributed by atoms with Gasteiger partial charge in [0.15, 0.2) is 0 Å². The average Bonchev–Trinajstić information content (AvgIpc) is 3.04. The molecule has 1 aliphatic rings. The molecule has 1 saturated heterocycles. The standard InChI is InChI=1S/C20H26N4O2/c1-23(11-16-5-3-4-10-22-16)14-20(25)24-12-18(19(21)13-24)15-6-8-17(26-2)9-7-15/h3-10,18-19H,11-14,21H2,1-2H3/t18-,19+/m1/s1. The van der Waals surface area contributed by atoms with Crippen LogP contribution < -0.4 is 10.5 Å². The highest BCUT2D eigenvalue weighted by Gasteiger charge is 2.34. The molecular weight excluding hydrogens is 328 g/mol. The van der Waals surface area contributed by atoms with E-state index < -0.39 is 0 Å². The Hall–Kier alpha value is -2.44. The number of rotatable bonds is 6. The summed E-state index contributed by atoms with van der Waals surface area (Å²) in [7, 11) is 3.59. The van der Waals surface area contributed by atoms with Gasteiger partial charge in [-0.25, -0.2) is 0 Å². The molecule has 0 bridgehead atoms. The Morgan fingerprint density at radius 3 is 2.69 bits per heavy atom. The highest BCUT2D eigenvalue weighted by atomic mass is 16.5. The lowest BCUT2D eigenvalue weighted by Gasteiger charge is -2.21. The fraction of sp³-hybridized carbons (Fsp3) is 0.400. The summed E-state index contributed by atoms with van der Waals surface area (Å²) < 4.78 is 5.20. The van der Waals surface area contributed by atoms with Gasteiger partial charge in [-0.2, -0.15) is 0 Å². The minimum Gasteiger partial charge on any atom is -0.497 e. The van der Waals surface area contributed by atoms with Crippen LogP contribution in [0.25, 0.3) is 0 Å². The maximum Gasteiger partial charge on any atom is 0.236 e. The van der Waals surface area contributed by atoms with Crippen molar-refractivity contribution in [1.82, 2.24) is 14.8 Å². The summed E-state index contributed by atoms with van der Waals surface area (Å²) in [4.78, 5) is 20.8. The molecule has 2 N–H and O–H groups in total. The fourth-order valence-corrected chi connectivity index (χ4v) is 3.39. The van der Waals surface area contributed by atoms with Crippen LogP contribution in [0.3, 0.4) is 0 Å². The first-order chi connectivity index (χ1) is 12.6. The second-order valence-electron chi connectivity index (χ2n) is 6.84. The number of amides is 1. The number of carbonyl (C=O) groups excluding carboxylic acids is 1. The lowest BCUT2D eigenvalue weighted by atomic mass is 9.95. The minimum absolute atomic E-state index is 0.0477. The van der Waals surface area contributed by atoms with Gasteiger partial charge in [0.25, 0.3) is 0 Å². The average molecular weight is 354 g/mol. The highest BCUT2D eigenvalue weighted by molar-refractivity contribution is 5.78. The van der Waals surface area contributed by atoms with Crippen LogP contribution in [0, 0.1) is 0 Å². The van der Waals surface area contributed by atoms with Crippen LogP contribution in [0.2, 0.25) is 0 Å². The number of hydrogen-bond donors (Lipinski definition) is 1. The smallest absolute Gasteiger partial charge is 0.236 e. The first-order valence-electron chi connectivity index (χ1n) is 8.82. The molecule has 2 heterocycles. The number of likely N-dealkylation sites (N-methyl/N-ethyl adjacent to an activating group) is 1. The second kappa shape index (κ2) is 8.29. The lowest BCUT2D eigenvalue weighted by molar-refractivity contribution is -0.131. The van der Waals surface area contributed by atoms with Gasteiger partial charge in [-0.05, 0) is 36.9 Å². The molecule has 1 aliphatic heterocycles. The highest BCUT2D eigenvalue weighted by Crippen LogP contribution is 2.28. The van der Waals surface area contributed by atoms with E-state index in [1.807, 2.05) is 59.3 Å². The predicted molar refractivity (Wildman–Crippen MR) is 101 cm³/mol. The van der Waals surface area contributed by atoms with Gasteiger partial charge in [-0.1, -0.05) is 18.2 Å². The molecule has 1 fully saturated rings. The van der Waals surface area contributed by atoms with Crippen molar-refractivity contribution in [2.75, 3.05) is 33.8 Å². The topological polar surface area (TPSA) is 71.7 Å². The Morgan fingerprint density at radius 2 is 2.04 bits per heavy atom. The van der Waals surface area contributed by atoms with Gasteiger partial charge >= 0.3 is 0 Å². The summed E-state index contributed by atoms with van der Waals surface area (Å²) in [5.74, 6) is 1.09. The molecule has 0 spiro atoms. The Morgan fingerprint density at radius 1 is 1.27 bits per heavy atom. The number of methoxy groups -OCH3 is 1. The van der Waals surface area contributed by atoms with Gasteiger partial charge in [0, 0.05) is 37.8 Å². The molecule has 138 valence electrons. The van der Waals surface area contributed by atoms with Gasteiger partial charge in [-0.15, -0.1) is 0 Å². The van der Waals surface area contributed by atoms with Crippen molar-refractivity contribution in [3.63, 3.8) is 0 Å². The largest absolute Gasteiger partial charge is 0.497 e. The van der Waals surface area contributed by atoms with Crippen LogP contribution >= 0.6 is 0 Å². The number of ether oxygens (including phenoxy) is 1. The van der Waals surface area contributed by atoms with Gasteiger partial charge in [0.1, 0.15) is 5.75 Å². The molecule has 1 aromatic carbocycles. The second-order valence-corrected chi connectivity index (χ2v) is 6.84. The lowest BCUT2D eigenvalue weighted by Crippen LogP contribution is -2.38. The first kappa shape index (κ1) is 18.4. The van der Waals surface area contributed by atoms with Crippen molar-refractivity contribution in [2.24, 2.45) is 5.73 Å². The SMILES string of the molecule is COc1ccc([C@H]2CN(C(=O)CN(C)Cc3ccccn3)C[C@@H]2N)cc1. The van der Waals surface area contributed by atoms with Crippen molar-refractivity contribution in [3.8, 4) is 5.75 Å². The van der Waals surface area contributed by atoms with E-state index in [9.17, 15) is 4.79 Å². The van der Waals surface area contributed by atoms with Gasteiger partial charge in [-0.3, -0.25) is 14.7 Å². The predicted octanol–water partition coefficient (Wildman–Crippen LogP) is 1.48. The molecule has 0 aliphatic carbocycles. The number of nitrogens with two attached hydrogens (primary N) is 1. The van der Waals surface area contributed by atoms with E-state index in [0.717, 1.165) is 17.0 Å². The third-order valence-electron chi connectivity index (χ3n) is 4.83. The van der Waals surface area contributed by atoms with Crippen LogP contribution in [0.5, 0.6) is 5.75 Å². The molecule has 26 heavy (non-hydrogen) atoms. The summed E-state index contributed by atoms with van der Waals surface area (Å²) in [6, 6.07) is 13.7. The Kier molecular flexibility index (Phi) is 5.85. The minimum atomic E-state index is -0.0477. The van der Waals surface area contributed by atoms with Crippen LogP contribution in [0.15, 0.2) is 48.7 Å². The number of aromatic nitrogens is 1. The van der Waals surface area contributed by atoms with Crippen LogP contribution in [0.4, 0.5) is 0 Å². The Labute approximate surface area is 154 Å². The van der Waals surface area contributed by atoms with Gasteiger partial charge in [0.2, 0.25) is 5.91 Å². The van der Waals surface area contributed by atoms with Crippen molar-refractivity contribution >= 4 is 5.91 Å². The summed E-state index contributed by atoms with van der Waals surface area (Å²) in [5.41, 5.74) is 8.42. The first-order valence-corrected chi connectivity index (χ1v) is 8.82. The molecule has 6 nitrogen and oxygen atoms in total. The quantitative estimate of drug-likeness (QED) is 0.851. The van der Waals surface area contributed by atoms with E-state index in [-0.39, 0.29) is 17.9 Å². The molecule has 0 unspecified atom stereocenters. The molecule has 2 aromatic rings. The monoisotopic (exact) mass is 354 g/mol. The van der Waals surface area contributed by atoms with Crippen LogP contribution in [0.1, 0.15) is 17.2 Å². The Bertz CT molecular complexity index is 720. The molecule has 2 atom stereocenters. The van der Waals surface area contributed by atoms with Crippen LogP contribution in [-0.4, -0.2) is 60.5 Å². The van der Waals surface area contributed by atoms with E-state index in [1.54, 1.807) is 13.3 Å². The zero-order valence-corrected chi connectivity index (χ0v) is 15.3. The molecule has 0 radical (unpaired) electrons. The maximum atomic E-state index is 12.7. The van der Waals surface area contributed by atoms with Crippen LogP contribution in [-0.2, 0) is 11.3 Å². The number of carbonyl (C=O) groups is 1. The van der Waals surface area contributed by atoms with Gasteiger partial charge < -0.3 is 15.4 Å². The summed E-state index contributed by atoms with van der Waals surface area (Å²) >= 11 is 0. The van der Waals surface area contributed by atoms with E-state index in [0.29, 0.717) is 26.2 Å². The number of benzene rings is 1. The van der Waals surface area contributed by atoms with E-state index in [4.69, 9.17) is 10.5 Å². The normalized spacial score (nSPS) is 19.8. The van der Waals surface area contributed by atoms with Gasteiger partial charge in [0.05, 0.1) is 19.3 Å². The van der Waals surface area contributed by atoms with Crippen molar-refractivity contribution in [3.05, 3.63) is 59.9 Å². The zero-order valence-electron chi connectivity index (χ0n) is 15.3. The fourth-order valence-electron chi connectivity index (χ4n) is 3.39. The molecule has 1 aromatic heterocycles. The van der Waals surface area contributed by atoms with Crippen molar-refractivity contribution in [2.45, 2.75) is 18.5 Å². The Balaban J connectivity index is 1.57. The number of nitrogens with zero attached hydrogens (tertiary/aromatic N) is 3. The number of hydrogen-bond acceptors (Lipinski definition) is 5. The molecular formula is C20H26N4O2. The van der Waals surface area contributed by atoms with Crippen molar-refractivity contribution in [1.29, 1.82) is 0 Å². The molecule has 0 saturated carbocycles. The summed E-state index contributed by atoms with van der Waals surface area (Å²) in [6.07, 6.45) is 1.77.